The summed E-state index contributed by atoms with van der Waals surface area (Å²) in [5, 5.41) is 0. The van der Waals surface area contributed by atoms with E-state index >= 15 is 0 Å². The third-order valence-corrected chi connectivity index (χ3v) is 6.28. The largest absolute Gasteiger partial charge is 0.372 e. The first-order chi connectivity index (χ1) is 12.2. The Morgan fingerprint density at radius 1 is 1.40 bits per heavy atom. The van der Waals surface area contributed by atoms with Gasteiger partial charge in [0, 0.05) is 43.3 Å². The molecule has 25 heavy (non-hydrogen) atoms. The van der Waals surface area contributed by atoms with Gasteiger partial charge in [0.15, 0.2) is 0 Å². The minimum absolute atomic E-state index is 0.0266. The maximum Gasteiger partial charge on any atom is 0.0840 e. The van der Waals surface area contributed by atoms with Crippen molar-refractivity contribution in [2.75, 3.05) is 19.7 Å². The molecule has 2 fully saturated rings. The highest BCUT2D eigenvalue weighted by atomic mass is 32.1. The topological polar surface area (TPSA) is 47.5 Å². The maximum absolute atomic E-state index is 6.21. The van der Waals surface area contributed by atoms with Gasteiger partial charge in [-0.15, -0.1) is 11.3 Å². The molecule has 5 nitrogen and oxygen atoms in total. The zero-order valence-electron chi connectivity index (χ0n) is 14.7. The van der Waals surface area contributed by atoms with Gasteiger partial charge in [-0.1, -0.05) is 6.07 Å². The average Bonchev–Trinajstić information content (AvgIpc) is 3.23. The molecule has 2 saturated heterocycles. The first-order valence-electron chi connectivity index (χ1n) is 8.98. The third kappa shape index (κ3) is 4.08. The molecule has 0 aromatic carbocycles. The molecular formula is C19H25N3O2S. The molecule has 0 N–H and O–H groups in total. The number of ether oxygens (including phenoxy) is 2. The maximum atomic E-state index is 6.21. The molecule has 4 rings (SSSR count). The Balaban J connectivity index is 1.25. The molecular weight excluding hydrogens is 334 g/mol. The molecule has 2 aliphatic heterocycles. The summed E-state index contributed by atoms with van der Waals surface area (Å²) in [6, 6.07) is 4.00. The van der Waals surface area contributed by atoms with Gasteiger partial charge in [0.2, 0.25) is 0 Å². The second kappa shape index (κ2) is 7.50. The van der Waals surface area contributed by atoms with Crippen molar-refractivity contribution in [3.63, 3.8) is 0 Å². The van der Waals surface area contributed by atoms with Crippen LogP contribution in [0.5, 0.6) is 0 Å². The highest BCUT2D eigenvalue weighted by Crippen LogP contribution is 2.37. The molecule has 2 aromatic heterocycles. The van der Waals surface area contributed by atoms with Crippen molar-refractivity contribution >= 4 is 11.3 Å². The Morgan fingerprint density at radius 3 is 3.00 bits per heavy atom. The van der Waals surface area contributed by atoms with Crippen molar-refractivity contribution in [2.24, 2.45) is 0 Å². The van der Waals surface area contributed by atoms with Crippen LogP contribution in [0, 0.1) is 6.92 Å². The van der Waals surface area contributed by atoms with Gasteiger partial charge in [-0.25, -0.2) is 4.98 Å². The van der Waals surface area contributed by atoms with Gasteiger partial charge in [-0.3, -0.25) is 9.88 Å². The summed E-state index contributed by atoms with van der Waals surface area (Å²) in [6.07, 6.45) is 7.07. The SMILES string of the molecule is Cc1ncsc1CN1CCC2(CC1)C[C@@H](OCc1cccnc1)CO2. The second-order valence-corrected chi connectivity index (χ2v) is 8.07. The number of nitrogens with zero attached hydrogens (tertiary/aromatic N) is 3. The fourth-order valence-corrected chi connectivity index (χ4v) is 4.57. The van der Waals surface area contributed by atoms with E-state index in [0.29, 0.717) is 13.2 Å². The van der Waals surface area contributed by atoms with Gasteiger partial charge >= 0.3 is 0 Å². The van der Waals surface area contributed by atoms with Gasteiger partial charge in [0.05, 0.1) is 36.1 Å². The molecule has 2 aliphatic rings. The van der Waals surface area contributed by atoms with Gasteiger partial charge in [0.1, 0.15) is 0 Å². The zero-order chi connectivity index (χ0) is 17.1. The van der Waals surface area contributed by atoms with Crippen molar-refractivity contribution in [2.45, 2.75) is 51.0 Å². The second-order valence-electron chi connectivity index (χ2n) is 7.13. The van der Waals surface area contributed by atoms with Crippen molar-refractivity contribution < 1.29 is 9.47 Å². The summed E-state index contributed by atoms with van der Waals surface area (Å²) in [5.41, 5.74) is 4.27. The number of thiazole rings is 1. The highest BCUT2D eigenvalue weighted by molar-refractivity contribution is 7.09. The quantitative estimate of drug-likeness (QED) is 0.820. The summed E-state index contributed by atoms with van der Waals surface area (Å²) in [4.78, 5) is 12.4. The van der Waals surface area contributed by atoms with E-state index in [1.165, 1.54) is 10.6 Å². The van der Waals surface area contributed by atoms with Crippen molar-refractivity contribution in [1.29, 1.82) is 0 Å². The van der Waals surface area contributed by atoms with Gasteiger partial charge in [-0.2, -0.15) is 0 Å². The number of likely N-dealkylation sites (tertiary alicyclic amines) is 1. The van der Waals surface area contributed by atoms with Gasteiger partial charge in [-0.05, 0) is 31.4 Å². The molecule has 0 radical (unpaired) electrons. The van der Waals surface area contributed by atoms with Gasteiger partial charge < -0.3 is 9.47 Å². The standard InChI is InChI=1S/C19H25N3O2S/c1-15-18(25-14-21-15)11-22-7-4-19(5-8-22)9-17(13-24-19)23-12-16-3-2-6-20-10-16/h2-3,6,10,14,17H,4-5,7-9,11-13H2,1H3/t17-/m1/s1. The fourth-order valence-electron chi connectivity index (χ4n) is 3.76. The molecule has 0 saturated carbocycles. The number of aromatic nitrogens is 2. The molecule has 0 aliphatic carbocycles. The van der Waals surface area contributed by atoms with Crippen LogP contribution >= 0.6 is 11.3 Å². The Hall–Kier alpha value is -1.34. The normalized spacial score (nSPS) is 23.3. The number of hydrogen-bond acceptors (Lipinski definition) is 6. The summed E-state index contributed by atoms with van der Waals surface area (Å²) in [6.45, 7) is 6.64. The van der Waals surface area contributed by atoms with Crippen molar-refractivity contribution in [3.05, 3.63) is 46.2 Å². The average molecular weight is 359 g/mol. The molecule has 2 aromatic rings. The van der Waals surface area contributed by atoms with Crippen LogP contribution in [-0.4, -0.2) is 46.3 Å². The Bertz CT molecular complexity index is 683. The lowest BCUT2D eigenvalue weighted by molar-refractivity contribution is -0.0467. The molecule has 0 amide bonds. The van der Waals surface area contributed by atoms with Crippen molar-refractivity contribution in [3.8, 4) is 0 Å². The minimum atomic E-state index is 0.0266. The first-order valence-corrected chi connectivity index (χ1v) is 9.86. The van der Waals surface area contributed by atoms with E-state index in [4.69, 9.17) is 9.47 Å². The third-order valence-electron chi connectivity index (χ3n) is 5.36. The fraction of sp³-hybridized carbons (Fsp3) is 0.579. The van der Waals surface area contributed by atoms with E-state index in [0.717, 1.165) is 44.5 Å². The molecule has 4 heterocycles. The summed E-state index contributed by atoms with van der Waals surface area (Å²) in [7, 11) is 0. The number of rotatable bonds is 5. The molecule has 0 bridgehead atoms. The van der Waals surface area contributed by atoms with Gasteiger partial charge in [0.25, 0.3) is 0 Å². The van der Waals surface area contributed by atoms with E-state index in [-0.39, 0.29) is 11.7 Å². The van der Waals surface area contributed by atoms with Crippen LogP contribution in [0.15, 0.2) is 30.0 Å². The van der Waals surface area contributed by atoms with Crippen LogP contribution in [0.1, 0.15) is 35.4 Å². The minimum Gasteiger partial charge on any atom is -0.372 e. The monoisotopic (exact) mass is 359 g/mol. The number of hydrogen-bond donors (Lipinski definition) is 0. The number of aryl methyl sites for hydroxylation is 1. The molecule has 134 valence electrons. The molecule has 0 unspecified atom stereocenters. The predicted octanol–water partition coefficient (Wildman–Crippen LogP) is 3.19. The van der Waals surface area contributed by atoms with Crippen LogP contribution in [0.4, 0.5) is 0 Å². The summed E-state index contributed by atoms with van der Waals surface area (Å²) < 4.78 is 12.3. The van der Waals surface area contributed by atoms with Crippen LogP contribution in [-0.2, 0) is 22.6 Å². The van der Waals surface area contributed by atoms with E-state index in [9.17, 15) is 0 Å². The molecule has 1 spiro atoms. The van der Waals surface area contributed by atoms with Crippen LogP contribution < -0.4 is 0 Å². The predicted molar refractivity (Wildman–Crippen MR) is 97.5 cm³/mol. The number of pyridine rings is 1. The highest BCUT2D eigenvalue weighted by Gasteiger charge is 2.43. The lowest BCUT2D eigenvalue weighted by Crippen LogP contribution is -2.43. The smallest absolute Gasteiger partial charge is 0.0840 e. The number of piperidine rings is 1. The Morgan fingerprint density at radius 2 is 2.28 bits per heavy atom. The molecule has 6 heteroatoms. The van der Waals surface area contributed by atoms with Crippen LogP contribution in [0.3, 0.4) is 0 Å². The Kier molecular flexibility index (Phi) is 5.12. The summed E-state index contributed by atoms with van der Waals surface area (Å²) in [5.74, 6) is 0. The lowest BCUT2D eigenvalue weighted by Gasteiger charge is -2.38. The van der Waals surface area contributed by atoms with E-state index in [2.05, 4.69) is 27.9 Å². The first kappa shape index (κ1) is 17.1. The Labute approximate surface area is 153 Å². The van der Waals surface area contributed by atoms with E-state index in [1.807, 2.05) is 17.8 Å². The summed E-state index contributed by atoms with van der Waals surface area (Å²) >= 11 is 1.76. The molecule has 1 atom stereocenters. The zero-order valence-corrected chi connectivity index (χ0v) is 15.5. The van der Waals surface area contributed by atoms with E-state index < -0.39 is 0 Å². The van der Waals surface area contributed by atoms with Crippen LogP contribution in [0.2, 0.25) is 0 Å². The van der Waals surface area contributed by atoms with E-state index in [1.54, 1.807) is 17.5 Å². The lowest BCUT2D eigenvalue weighted by atomic mass is 9.88. The van der Waals surface area contributed by atoms with Crippen LogP contribution in [0.25, 0.3) is 0 Å². The van der Waals surface area contributed by atoms with Crippen molar-refractivity contribution in [1.82, 2.24) is 14.9 Å².